The van der Waals surface area contributed by atoms with Gasteiger partial charge in [-0.3, -0.25) is 19.2 Å². The third kappa shape index (κ3) is 5.42. The fourth-order valence-corrected chi connectivity index (χ4v) is 3.94. The Hall–Kier alpha value is -3.94. The minimum atomic E-state index is -0.760. The van der Waals surface area contributed by atoms with E-state index in [2.05, 4.69) is 10.6 Å². The van der Waals surface area contributed by atoms with Crippen LogP contribution in [0.4, 0.5) is 17.1 Å². The molecule has 0 aliphatic carbocycles. The molecule has 0 heterocycles. The van der Waals surface area contributed by atoms with Crippen molar-refractivity contribution in [1.82, 2.24) is 4.90 Å². The van der Waals surface area contributed by atoms with Crippen LogP contribution in [0.5, 0.6) is 5.75 Å². The summed E-state index contributed by atoms with van der Waals surface area (Å²) in [6.07, 6.45) is 0.271. The summed E-state index contributed by atoms with van der Waals surface area (Å²) in [7, 11) is 3.12. The zero-order chi connectivity index (χ0) is 25.9. The van der Waals surface area contributed by atoms with E-state index >= 15 is 0 Å². The van der Waals surface area contributed by atoms with Gasteiger partial charge in [0.15, 0.2) is 11.5 Å². The first-order valence-corrected chi connectivity index (χ1v) is 11.5. The summed E-state index contributed by atoms with van der Waals surface area (Å²) in [6.45, 7) is 5.70. The molecule has 0 fully saturated rings. The number of amides is 1. The van der Waals surface area contributed by atoms with Crippen molar-refractivity contribution < 1.29 is 14.7 Å². The van der Waals surface area contributed by atoms with E-state index in [1.165, 1.54) is 17.0 Å². The summed E-state index contributed by atoms with van der Waals surface area (Å²) in [6, 6.07) is 13.5. The number of phenolic OH excluding ortho intramolecular Hbond substituents is 1. The average molecular weight is 478 g/mol. The number of para-hydroxylation sites is 1. The Kier molecular flexibility index (Phi) is 7.74. The fraction of sp³-hybridized carbons (Fsp3) is 0.333. The normalized spacial score (nSPS) is 12.9. The first-order valence-electron chi connectivity index (χ1n) is 11.5. The van der Waals surface area contributed by atoms with Gasteiger partial charge in [0, 0.05) is 20.5 Å². The van der Waals surface area contributed by atoms with Crippen LogP contribution in [0.15, 0.2) is 58.1 Å². The van der Waals surface area contributed by atoms with Crippen LogP contribution < -0.4 is 21.5 Å². The van der Waals surface area contributed by atoms with E-state index in [9.17, 15) is 24.3 Å². The summed E-state index contributed by atoms with van der Waals surface area (Å²) in [5, 5.41) is 16.3. The number of nitrogens with zero attached hydrogens (tertiary/aromatic N) is 1. The predicted octanol–water partition coefficient (Wildman–Crippen LogP) is 3.63. The number of rotatable bonds is 10. The van der Waals surface area contributed by atoms with Gasteiger partial charge in [0.25, 0.3) is 16.8 Å². The number of ketones is 1. The van der Waals surface area contributed by atoms with Crippen molar-refractivity contribution >= 4 is 28.8 Å². The second-order valence-electron chi connectivity index (χ2n) is 9.28. The quantitative estimate of drug-likeness (QED) is 0.302. The smallest absolute Gasteiger partial charge is 0.257 e. The maximum absolute atomic E-state index is 13.2. The molecule has 2 atom stereocenters. The highest BCUT2D eigenvalue weighted by atomic mass is 16.3. The van der Waals surface area contributed by atoms with Crippen molar-refractivity contribution in [1.29, 1.82) is 0 Å². The van der Waals surface area contributed by atoms with Crippen LogP contribution in [-0.2, 0) is 4.79 Å². The molecule has 3 aromatic carbocycles. The molecule has 0 bridgehead atoms. The molecule has 0 unspecified atom stereocenters. The number of hydrogen-bond donors (Lipinski definition) is 3. The van der Waals surface area contributed by atoms with E-state index in [1.54, 1.807) is 20.2 Å². The molecule has 35 heavy (non-hydrogen) atoms. The molecule has 0 spiro atoms. The molecule has 3 aromatic rings. The third-order valence-corrected chi connectivity index (χ3v) is 6.03. The first kappa shape index (κ1) is 25.7. The fourth-order valence-electron chi connectivity index (χ4n) is 3.94. The molecular weight excluding hydrogens is 446 g/mol. The van der Waals surface area contributed by atoms with Crippen molar-refractivity contribution in [3.8, 4) is 5.75 Å². The van der Waals surface area contributed by atoms with Gasteiger partial charge in [-0.05, 0) is 29.5 Å². The molecule has 0 radical (unpaired) electrons. The van der Waals surface area contributed by atoms with Gasteiger partial charge in [0.2, 0.25) is 0 Å². The SMILES string of the molecule is CC(C)[C@H](Nc1c(Nc2cccc(C(=O)N(C)C)c2O)c(=O)c1=O)C(=O)C[C@H](C)c1ccccc1. The minimum absolute atomic E-state index is 0.00171. The Morgan fingerprint density at radius 2 is 1.54 bits per heavy atom. The average Bonchev–Trinajstić information content (AvgIpc) is 2.83. The predicted molar refractivity (Wildman–Crippen MR) is 137 cm³/mol. The van der Waals surface area contributed by atoms with Crippen molar-refractivity contribution in [3.05, 3.63) is 80.1 Å². The maximum atomic E-state index is 13.2. The molecule has 0 aliphatic heterocycles. The molecule has 8 nitrogen and oxygen atoms in total. The molecule has 3 rings (SSSR count). The van der Waals surface area contributed by atoms with Crippen LogP contribution in [0.1, 0.15) is 49.0 Å². The minimum Gasteiger partial charge on any atom is -0.505 e. The second kappa shape index (κ2) is 10.5. The van der Waals surface area contributed by atoms with Gasteiger partial charge in [0.1, 0.15) is 11.4 Å². The van der Waals surface area contributed by atoms with E-state index in [0.717, 1.165) is 5.56 Å². The zero-order valence-electron chi connectivity index (χ0n) is 20.6. The number of anilines is 3. The van der Waals surface area contributed by atoms with Crippen LogP contribution in [0.25, 0.3) is 0 Å². The number of phenols is 1. The van der Waals surface area contributed by atoms with Crippen molar-refractivity contribution in [3.63, 3.8) is 0 Å². The topological polar surface area (TPSA) is 116 Å². The Labute approximate surface area is 204 Å². The summed E-state index contributed by atoms with van der Waals surface area (Å²) < 4.78 is 0. The molecule has 8 heteroatoms. The highest BCUT2D eigenvalue weighted by Gasteiger charge is 2.30. The molecule has 0 aliphatic rings. The van der Waals surface area contributed by atoms with E-state index in [4.69, 9.17) is 0 Å². The number of Topliss-reactive ketones (excluding diaryl/α,β-unsaturated/α-hetero) is 1. The number of hydrogen-bond acceptors (Lipinski definition) is 7. The summed E-state index contributed by atoms with van der Waals surface area (Å²) in [5.41, 5.74) is -0.336. The van der Waals surface area contributed by atoms with Gasteiger partial charge in [-0.15, -0.1) is 0 Å². The largest absolute Gasteiger partial charge is 0.505 e. The molecule has 0 aromatic heterocycles. The number of benzene rings is 2. The van der Waals surface area contributed by atoms with Crippen molar-refractivity contribution in [2.75, 3.05) is 24.7 Å². The van der Waals surface area contributed by atoms with Crippen molar-refractivity contribution in [2.24, 2.45) is 5.92 Å². The van der Waals surface area contributed by atoms with E-state index in [-0.39, 0.29) is 52.4 Å². The molecule has 3 N–H and O–H groups in total. The highest BCUT2D eigenvalue weighted by Crippen LogP contribution is 2.32. The van der Waals surface area contributed by atoms with Crippen LogP contribution in [-0.4, -0.2) is 41.8 Å². The Morgan fingerprint density at radius 1 is 0.914 bits per heavy atom. The Morgan fingerprint density at radius 3 is 2.14 bits per heavy atom. The summed E-state index contributed by atoms with van der Waals surface area (Å²) >= 11 is 0. The lowest BCUT2D eigenvalue weighted by Crippen LogP contribution is -2.43. The molecule has 184 valence electrons. The summed E-state index contributed by atoms with van der Waals surface area (Å²) in [4.78, 5) is 51.5. The molecule has 0 saturated heterocycles. The standard InChI is InChI=1S/C27H31N3O5/c1-15(2)21(20(31)14-16(3)17-10-7-6-8-11-17)29-23-22(25(33)26(23)34)28-19-13-9-12-18(24(19)32)27(35)30(4)5/h6-13,15-16,21,28-29,32H,14H2,1-5H3/t16-,21-/m0/s1. The van der Waals surface area contributed by atoms with Gasteiger partial charge in [-0.2, -0.15) is 0 Å². The van der Waals surface area contributed by atoms with Gasteiger partial charge in [-0.1, -0.05) is 57.2 Å². The van der Waals surface area contributed by atoms with Crippen LogP contribution in [0.3, 0.4) is 0 Å². The van der Waals surface area contributed by atoms with Crippen LogP contribution in [0, 0.1) is 5.92 Å². The third-order valence-electron chi connectivity index (χ3n) is 6.03. The van der Waals surface area contributed by atoms with Crippen LogP contribution in [0.2, 0.25) is 0 Å². The first-order chi connectivity index (χ1) is 16.5. The van der Waals surface area contributed by atoms with Crippen molar-refractivity contribution in [2.45, 2.75) is 39.2 Å². The molecule has 1 amide bonds. The lowest BCUT2D eigenvalue weighted by molar-refractivity contribution is -0.120. The van der Waals surface area contributed by atoms with Gasteiger partial charge >= 0.3 is 0 Å². The lowest BCUT2D eigenvalue weighted by atomic mass is 9.89. The lowest BCUT2D eigenvalue weighted by Gasteiger charge is -2.26. The monoisotopic (exact) mass is 477 g/mol. The maximum Gasteiger partial charge on any atom is 0.257 e. The van der Waals surface area contributed by atoms with Gasteiger partial charge in [-0.25, -0.2) is 0 Å². The molecule has 0 saturated carbocycles. The van der Waals surface area contributed by atoms with Gasteiger partial charge < -0.3 is 20.6 Å². The van der Waals surface area contributed by atoms with Gasteiger partial charge in [0.05, 0.1) is 17.3 Å². The Balaban J connectivity index is 1.83. The number of carbonyl (C=O) groups excluding carboxylic acids is 2. The Bertz CT molecular complexity index is 1290. The van der Waals surface area contributed by atoms with Crippen LogP contribution >= 0.6 is 0 Å². The van der Waals surface area contributed by atoms with E-state index in [0.29, 0.717) is 0 Å². The second-order valence-corrected chi connectivity index (χ2v) is 9.28. The number of aromatic hydroxyl groups is 1. The highest BCUT2D eigenvalue weighted by molar-refractivity contribution is 5.99. The number of carbonyl (C=O) groups is 2. The van der Waals surface area contributed by atoms with E-state index in [1.807, 2.05) is 51.1 Å². The molecular formula is C27H31N3O5. The number of nitrogens with one attached hydrogen (secondary N) is 2. The zero-order valence-corrected chi connectivity index (χ0v) is 20.6. The summed E-state index contributed by atoms with van der Waals surface area (Å²) in [5.74, 6) is -0.967. The van der Waals surface area contributed by atoms with E-state index < -0.39 is 22.8 Å².